The van der Waals surface area contributed by atoms with Gasteiger partial charge in [-0.3, -0.25) is 4.79 Å². The van der Waals surface area contributed by atoms with Crippen LogP contribution in [0, 0.1) is 6.92 Å². The Balaban J connectivity index is 1.61. The summed E-state index contributed by atoms with van der Waals surface area (Å²) in [4.78, 5) is 15.4. The molecule has 0 unspecified atom stereocenters. The van der Waals surface area contributed by atoms with E-state index in [4.69, 9.17) is 16.3 Å². The number of carbonyl (C=O) groups excluding carboxylic acids is 1. The molecule has 1 aromatic heterocycles. The number of halogens is 1. The molecule has 0 saturated carbocycles. The molecule has 0 radical (unpaired) electrons. The van der Waals surface area contributed by atoms with Crippen molar-refractivity contribution in [3.8, 4) is 5.75 Å². The minimum Gasteiger partial charge on any atom is -0.484 e. The van der Waals surface area contributed by atoms with Gasteiger partial charge in [0.25, 0.3) is 5.91 Å². The molecule has 2 aromatic carbocycles. The molecular weight excluding hydrogens is 348 g/mol. The Morgan fingerprint density at radius 1 is 1.19 bits per heavy atom. The second-order valence-corrected chi connectivity index (χ2v) is 7.59. The third kappa shape index (κ3) is 4.20. The molecular formula is C21H23ClN2O2. The first-order valence-electron chi connectivity index (χ1n) is 8.58. The van der Waals surface area contributed by atoms with Gasteiger partial charge in [-0.25, -0.2) is 0 Å². The second-order valence-electron chi connectivity index (χ2n) is 7.15. The monoisotopic (exact) mass is 370 g/mol. The van der Waals surface area contributed by atoms with Gasteiger partial charge < -0.3 is 15.0 Å². The van der Waals surface area contributed by atoms with Crippen LogP contribution in [0.2, 0.25) is 5.02 Å². The number of carbonyl (C=O) groups is 1. The van der Waals surface area contributed by atoms with Crippen molar-refractivity contribution >= 4 is 28.4 Å². The van der Waals surface area contributed by atoms with E-state index in [-0.39, 0.29) is 17.9 Å². The lowest BCUT2D eigenvalue weighted by Gasteiger charge is -2.25. The van der Waals surface area contributed by atoms with E-state index in [1.807, 2.05) is 55.6 Å². The minimum atomic E-state index is -0.248. The number of aromatic amines is 1. The smallest absolute Gasteiger partial charge is 0.257 e. The fourth-order valence-electron chi connectivity index (χ4n) is 2.90. The van der Waals surface area contributed by atoms with Crippen molar-refractivity contribution in [2.45, 2.75) is 26.2 Å². The number of aryl methyl sites for hydroxylation is 1. The van der Waals surface area contributed by atoms with Crippen LogP contribution < -0.4 is 10.1 Å². The number of ether oxygens (including phenoxy) is 1. The van der Waals surface area contributed by atoms with Crippen LogP contribution in [0.5, 0.6) is 5.75 Å². The molecule has 0 saturated heterocycles. The minimum absolute atomic E-state index is 0.00114. The van der Waals surface area contributed by atoms with E-state index >= 15 is 0 Å². The quantitative estimate of drug-likeness (QED) is 0.666. The lowest BCUT2D eigenvalue weighted by molar-refractivity contribution is -0.123. The molecule has 3 rings (SSSR count). The number of aromatic nitrogens is 1. The zero-order chi connectivity index (χ0) is 18.7. The highest BCUT2D eigenvalue weighted by molar-refractivity contribution is 6.31. The second kappa shape index (κ2) is 7.42. The lowest BCUT2D eigenvalue weighted by atomic mass is 9.84. The third-order valence-electron chi connectivity index (χ3n) is 4.49. The number of rotatable bonds is 6. The molecule has 0 aliphatic rings. The van der Waals surface area contributed by atoms with Crippen LogP contribution in [-0.2, 0) is 10.2 Å². The highest BCUT2D eigenvalue weighted by Gasteiger charge is 2.25. The van der Waals surface area contributed by atoms with Crippen LogP contribution in [0.3, 0.4) is 0 Å². The van der Waals surface area contributed by atoms with Crippen LogP contribution >= 0.6 is 11.6 Å². The summed E-state index contributed by atoms with van der Waals surface area (Å²) < 4.78 is 5.53. The molecule has 5 heteroatoms. The van der Waals surface area contributed by atoms with Crippen molar-refractivity contribution in [3.05, 3.63) is 64.8 Å². The van der Waals surface area contributed by atoms with E-state index in [1.165, 1.54) is 0 Å². The lowest BCUT2D eigenvalue weighted by Crippen LogP contribution is -2.38. The summed E-state index contributed by atoms with van der Waals surface area (Å²) in [6.07, 6.45) is 1.98. The van der Waals surface area contributed by atoms with Crippen molar-refractivity contribution in [2.75, 3.05) is 13.2 Å². The molecule has 1 amide bonds. The average molecular weight is 371 g/mol. The predicted molar refractivity (Wildman–Crippen MR) is 106 cm³/mol. The van der Waals surface area contributed by atoms with Gasteiger partial charge in [0.15, 0.2) is 6.61 Å². The Morgan fingerprint density at radius 2 is 1.92 bits per heavy atom. The van der Waals surface area contributed by atoms with Crippen LogP contribution in [0.25, 0.3) is 10.9 Å². The number of benzene rings is 2. The fraction of sp³-hybridized carbons (Fsp3) is 0.286. The molecule has 26 heavy (non-hydrogen) atoms. The average Bonchev–Trinajstić information content (AvgIpc) is 3.03. The number of H-pyrrole nitrogens is 1. The molecule has 4 nitrogen and oxygen atoms in total. The van der Waals surface area contributed by atoms with Gasteiger partial charge in [0.2, 0.25) is 0 Å². The first-order chi connectivity index (χ1) is 12.3. The number of nitrogens with one attached hydrogen (secondary N) is 2. The van der Waals surface area contributed by atoms with Crippen molar-refractivity contribution in [1.82, 2.24) is 10.3 Å². The number of amides is 1. The zero-order valence-electron chi connectivity index (χ0n) is 15.2. The Labute approximate surface area is 158 Å². The molecule has 2 N–H and O–H groups in total. The Morgan fingerprint density at radius 3 is 2.65 bits per heavy atom. The van der Waals surface area contributed by atoms with Gasteiger partial charge >= 0.3 is 0 Å². The Bertz CT molecular complexity index is 913. The topological polar surface area (TPSA) is 54.1 Å². The summed E-state index contributed by atoms with van der Waals surface area (Å²) in [6, 6.07) is 13.4. The van der Waals surface area contributed by atoms with E-state index in [0.717, 1.165) is 22.0 Å². The van der Waals surface area contributed by atoms with Gasteiger partial charge in [0.05, 0.1) is 0 Å². The highest BCUT2D eigenvalue weighted by Crippen LogP contribution is 2.31. The molecule has 0 spiro atoms. The number of hydrogen-bond donors (Lipinski definition) is 2. The van der Waals surface area contributed by atoms with Gasteiger partial charge in [-0.15, -0.1) is 0 Å². The SMILES string of the molecule is Cc1ccc(OCC(=O)NCC(C)(C)c2c[nH]c3ccc(Cl)cc23)cc1. The Kier molecular flexibility index (Phi) is 5.23. The van der Waals surface area contributed by atoms with Crippen LogP contribution in [0.1, 0.15) is 25.0 Å². The van der Waals surface area contributed by atoms with Crippen molar-refractivity contribution in [2.24, 2.45) is 0 Å². The summed E-state index contributed by atoms with van der Waals surface area (Å²) in [5.74, 6) is 0.549. The van der Waals surface area contributed by atoms with Gasteiger partial charge in [-0.1, -0.05) is 43.1 Å². The molecule has 0 aliphatic carbocycles. The summed E-state index contributed by atoms with van der Waals surface area (Å²) in [5.41, 5.74) is 3.06. The van der Waals surface area contributed by atoms with Crippen molar-refractivity contribution in [1.29, 1.82) is 0 Å². The van der Waals surface area contributed by atoms with E-state index in [9.17, 15) is 4.79 Å². The summed E-state index contributed by atoms with van der Waals surface area (Å²) in [5, 5.41) is 4.74. The zero-order valence-corrected chi connectivity index (χ0v) is 16.0. The van der Waals surface area contributed by atoms with E-state index in [1.54, 1.807) is 0 Å². The van der Waals surface area contributed by atoms with Crippen LogP contribution in [0.4, 0.5) is 0 Å². The van der Waals surface area contributed by atoms with Crippen LogP contribution in [0.15, 0.2) is 48.7 Å². The summed E-state index contributed by atoms with van der Waals surface area (Å²) >= 11 is 6.13. The summed E-state index contributed by atoms with van der Waals surface area (Å²) in [6.45, 7) is 6.70. The Hall–Kier alpha value is -2.46. The van der Waals surface area contributed by atoms with Crippen molar-refractivity contribution < 1.29 is 9.53 Å². The normalized spacial score (nSPS) is 11.5. The first-order valence-corrected chi connectivity index (χ1v) is 8.96. The van der Waals surface area contributed by atoms with E-state index in [2.05, 4.69) is 24.1 Å². The highest BCUT2D eigenvalue weighted by atomic mass is 35.5. The molecule has 0 bridgehead atoms. The molecule has 0 aliphatic heterocycles. The molecule has 3 aromatic rings. The third-order valence-corrected chi connectivity index (χ3v) is 4.73. The standard InChI is InChI=1S/C21H23ClN2O2/c1-14-4-7-16(8-5-14)26-12-20(25)24-13-21(2,3)18-11-23-19-9-6-15(22)10-17(18)19/h4-11,23H,12-13H2,1-3H3,(H,24,25). The number of hydrogen-bond acceptors (Lipinski definition) is 2. The van der Waals surface area contributed by atoms with Gasteiger partial charge in [-0.05, 0) is 42.8 Å². The van der Waals surface area contributed by atoms with E-state index in [0.29, 0.717) is 17.3 Å². The molecule has 136 valence electrons. The maximum Gasteiger partial charge on any atom is 0.257 e. The van der Waals surface area contributed by atoms with Gasteiger partial charge in [0, 0.05) is 34.1 Å². The summed E-state index contributed by atoms with van der Waals surface area (Å²) in [7, 11) is 0. The van der Waals surface area contributed by atoms with Gasteiger partial charge in [0.1, 0.15) is 5.75 Å². The maximum absolute atomic E-state index is 12.2. The first kappa shape index (κ1) is 18.3. The van der Waals surface area contributed by atoms with Crippen LogP contribution in [-0.4, -0.2) is 24.0 Å². The fourth-order valence-corrected chi connectivity index (χ4v) is 3.07. The van der Waals surface area contributed by atoms with Crippen molar-refractivity contribution in [3.63, 3.8) is 0 Å². The molecule has 1 heterocycles. The van der Waals surface area contributed by atoms with E-state index < -0.39 is 0 Å². The largest absolute Gasteiger partial charge is 0.484 e. The molecule has 0 fully saturated rings. The van der Waals surface area contributed by atoms with Gasteiger partial charge in [-0.2, -0.15) is 0 Å². The predicted octanol–water partition coefficient (Wildman–Crippen LogP) is 4.60. The molecule has 0 atom stereocenters. The number of fused-ring (bicyclic) bond motifs is 1. The maximum atomic E-state index is 12.2.